The van der Waals surface area contributed by atoms with E-state index in [1.165, 1.54) is 32.1 Å². The highest BCUT2D eigenvalue weighted by molar-refractivity contribution is 5.25. The molecule has 2 aliphatic rings. The van der Waals surface area contributed by atoms with Gasteiger partial charge in [0.25, 0.3) is 0 Å². The molecule has 0 spiro atoms. The molecule has 70 valence electrons. The first-order valence-corrected chi connectivity index (χ1v) is 5.00. The highest BCUT2D eigenvalue weighted by atomic mass is 15.3. The topological polar surface area (TPSA) is 67.6 Å². The average Bonchev–Trinajstić information content (AvgIpc) is 2.65. The maximum Gasteiger partial charge on any atom is 0.239 e. The van der Waals surface area contributed by atoms with Crippen LogP contribution in [0.2, 0.25) is 0 Å². The largest absolute Gasteiger partial charge is 0.367 e. The second-order valence-corrected chi connectivity index (χ2v) is 4.33. The summed E-state index contributed by atoms with van der Waals surface area (Å²) >= 11 is 0. The summed E-state index contributed by atoms with van der Waals surface area (Å²) in [5.41, 5.74) is 5.86. The zero-order valence-electron chi connectivity index (χ0n) is 7.58. The van der Waals surface area contributed by atoms with E-state index in [-0.39, 0.29) is 0 Å². The predicted octanol–water partition coefficient (Wildman–Crippen LogP) is 1.22. The van der Waals surface area contributed by atoms with E-state index >= 15 is 0 Å². The summed E-state index contributed by atoms with van der Waals surface area (Å²) in [6.45, 7) is 0. The van der Waals surface area contributed by atoms with Crippen molar-refractivity contribution in [2.24, 2.45) is 5.92 Å². The van der Waals surface area contributed by atoms with Gasteiger partial charge in [0.05, 0.1) is 0 Å². The molecule has 13 heavy (non-hydrogen) atoms. The number of nitrogens with one attached hydrogen (secondary N) is 1. The molecule has 3 N–H and O–H groups in total. The number of H-pyrrole nitrogens is 1. The SMILES string of the molecule is Nc1n[nH]c(C2(C3CCC3)CC2)n1. The molecule has 3 rings (SSSR count). The van der Waals surface area contributed by atoms with Crippen LogP contribution in [0.5, 0.6) is 0 Å². The summed E-state index contributed by atoms with van der Waals surface area (Å²) in [6.07, 6.45) is 6.65. The molecule has 2 saturated carbocycles. The Kier molecular flexibility index (Phi) is 1.27. The maximum atomic E-state index is 5.51. The molecule has 0 aromatic carbocycles. The molecule has 4 nitrogen and oxygen atoms in total. The zero-order chi connectivity index (χ0) is 8.89. The molecule has 1 aromatic heterocycles. The Hall–Kier alpha value is -1.06. The number of rotatable bonds is 2. The zero-order valence-corrected chi connectivity index (χ0v) is 7.58. The number of nitrogen functional groups attached to an aromatic ring is 1. The minimum Gasteiger partial charge on any atom is -0.367 e. The third kappa shape index (κ3) is 0.913. The van der Waals surface area contributed by atoms with Gasteiger partial charge < -0.3 is 5.73 Å². The van der Waals surface area contributed by atoms with Crippen molar-refractivity contribution in [2.45, 2.75) is 37.5 Å². The van der Waals surface area contributed by atoms with E-state index in [1.54, 1.807) is 0 Å². The van der Waals surface area contributed by atoms with Gasteiger partial charge in [0, 0.05) is 5.41 Å². The average molecular weight is 178 g/mol. The van der Waals surface area contributed by atoms with Crippen LogP contribution in [0, 0.1) is 5.92 Å². The highest BCUT2D eigenvalue weighted by Crippen LogP contribution is 2.58. The lowest BCUT2D eigenvalue weighted by Gasteiger charge is -2.32. The molecule has 4 heteroatoms. The van der Waals surface area contributed by atoms with E-state index in [0.717, 1.165) is 11.7 Å². The van der Waals surface area contributed by atoms with Crippen LogP contribution in [0.25, 0.3) is 0 Å². The van der Waals surface area contributed by atoms with E-state index in [9.17, 15) is 0 Å². The molecule has 2 fully saturated rings. The van der Waals surface area contributed by atoms with E-state index < -0.39 is 0 Å². The Bertz CT molecular complexity index is 322. The smallest absolute Gasteiger partial charge is 0.239 e. The minimum absolute atomic E-state index is 0.350. The van der Waals surface area contributed by atoms with Crippen molar-refractivity contribution in [1.29, 1.82) is 0 Å². The van der Waals surface area contributed by atoms with E-state index in [4.69, 9.17) is 5.73 Å². The van der Waals surface area contributed by atoms with Gasteiger partial charge in [-0.2, -0.15) is 4.98 Å². The molecule has 2 aliphatic carbocycles. The summed E-state index contributed by atoms with van der Waals surface area (Å²) < 4.78 is 0. The molecular weight excluding hydrogens is 164 g/mol. The monoisotopic (exact) mass is 178 g/mol. The van der Waals surface area contributed by atoms with Crippen LogP contribution in [0.15, 0.2) is 0 Å². The summed E-state index contributed by atoms with van der Waals surface area (Å²) in [6, 6.07) is 0. The Morgan fingerprint density at radius 1 is 1.38 bits per heavy atom. The number of hydrogen-bond donors (Lipinski definition) is 2. The molecule has 0 unspecified atom stereocenters. The fraction of sp³-hybridized carbons (Fsp3) is 0.778. The number of aromatic nitrogens is 3. The van der Waals surface area contributed by atoms with Crippen LogP contribution in [0.1, 0.15) is 37.9 Å². The lowest BCUT2D eigenvalue weighted by Crippen LogP contribution is -2.27. The summed E-state index contributed by atoms with van der Waals surface area (Å²) in [4.78, 5) is 4.26. The van der Waals surface area contributed by atoms with Gasteiger partial charge in [0.2, 0.25) is 5.95 Å². The second-order valence-electron chi connectivity index (χ2n) is 4.33. The van der Waals surface area contributed by atoms with Gasteiger partial charge in [-0.15, -0.1) is 5.10 Å². The lowest BCUT2D eigenvalue weighted by atomic mass is 9.73. The van der Waals surface area contributed by atoms with Crippen LogP contribution >= 0.6 is 0 Å². The van der Waals surface area contributed by atoms with Crippen LogP contribution in [-0.4, -0.2) is 15.2 Å². The quantitative estimate of drug-likeness (QED) is 0.715. The van der Waals surface area contributed by atoms with E-state index in [1.807, 2.05) is 0 Å². The summed E-state index contributed by atoms with van der Waals surface area (Å²) in [7, 11) is 0. The van der Waals surface area contributed by atoms with E-state index in [2.05, 4.69) is 15.2 Å². The maximum absolute atomic E-state index is 5.51. The van der Waals surface area contributed by atoms with Crippen LogP contribution < -0.4 is 5.73 Å². The van der Waals surface area contributed by atoms with Crippen LogP contribution in [0.3, 0.4) is 0 Å². The first-order valence-electron chi connectivity index (χ1n) is 5.00. The standard InChI is InChI=1S/C9H14N4/c10-8-11-7(12-13-8)9(4-5-9)6-2-1-3-6/h6H,1-5H2,(H3,10,11,12,13). The minimum atomic E-state index is 0.350. The lowest BCUT2D eigenvalue weighted by molar-refractivity contribution is 0.238. The van der Waals surface area contributed by atoms with Gasteiger partial charge in [-0.25, -0.2) is 0 Å². The molecule has 0 bridgehead atoms. The molecule has 0 saturated heterocycles. The fourth-order valence-electron chi connectivity index (χ4n) is 2.43. The third-order valence-electron chi connectivity index (χ3n) is 3.65. The number of hydrogen-bond acceptors (Lipinski definition) is 3. The number of nitrogens with zero attached hydrogens (tertiary/aromatic N) is 2. The third-order valence-corrected chi connectivity index (χ3v) is 3.65. The first-order chi connectivity index (χ1) is 6.31. The van der Waals surface area contributed by atoms with Crippen molar-refractivity contribution in [3.63, 3.8) is 0 Å². The Morgan fingerprint density at radius 3 is 2.54 bits per heavy atom. The summed E-state index contributed by atoms with van der Waals surface area (Å²) in [5.74, 6) is 2.27. The fourth-order valence-corrected chi connectivity index (χ4v) is 2.43. The molecule has 0 amide bonds. The van der Waals surface area contributed by atoms with Crippen molar-refractivity contribution >= 4 is 5.95 Å². The second kappa shape index (κ2) is 2.25. The van der Waals surface area contributed by atoms with Gasteiger partial charge in [0.15, 0.2) is 0 Å². The molecule has 1 aromatic rings. The number of anilines is 1. The molecule has 0 aliphatic heterocycles. The van der Waals surface area contributed by atoms with E-state index in [0.29, 0.717) is 11.4 Å². The summed E-state index contributed by atoms with van der Waals surface area (Å²) in [5, 5.41) is 6.88. The van der Waals surface area contributed by atoms with Gasteiger partial charge in [-0.05, 0) is 31.6 Å². The number of nitrogens with two attached hydrogens (primary N) is 1. The predicted molar refractivity (Wildman–Crippen MR) is 49.0 cm³/mol. The number of aromatic amines is 1. The van der Waals surface area contributed by atoms with Gasteiger partial charge in [-0.1, -0.05) is 6.42 Å². The molecule has 1 heterocycles. The van der Waals surface area contributed by atoms with Crippen molar-refractivity contribution in [3.05, 3.63) is 5.82 Å². The molecular formula is C9H14N4. The van der Waals surface area contributed by atoms with Gasteiger partial charge >= 0.3 is 0 Å². The Labute approximate surface area is 76.9 Å². The van der Waals surface area contributed by atoms with Gasteiger partial charge in [-0.3, -0.25) is 5.10 Å². The normalized spacial score (nSPS) is 25.5. The Balaban J connectivity index is 1.90. The van der Waals surface area contributed by atoms with Crippen LogP contribution in [-0.2, 0) is 5.41 Å². The van der Waals surface area contributed by atoms with Crippen molar-refractivity contribution in [3.8, 4) is 0 Å². The van der Waals surface area contributed by atoms with Crippen molar-refractivity contribution < 1.29 is 0 Å². The molecule has 0 atom stereocenters. The van der Waals surface area contributed by atoms with Crippen molar-refractivity contribution in [1.82, 2.24) is 15.2 Å². The first kappa shape index (κ1) is 7.35. The van der Waals surface area contributed by atoms with Crippen LogP contribution in [0.4, 0.5) is 5.95 Å². The van der Waals surface area contributed by atoms with Crippen molar-refractivity contribution in [2.75, 3.05) is 5.73 Å². The molecule has 0 radical (unpaired) electrons. The Morgan fingerprint density at radius 2 is 2.15 bits per heavy atom. The highest BCUT2D eigenvalue weighted by Gasteiger charge is 2.54. The van der Waals surface area contributed by atoms with Gasteiger partial charge in [0.1, 0.15) is 5.82 Å².